The number of rotatable bonds is 11. The molecule has 0 aromatic heterocycles. The van der Waals surface area contributed by atoms with Gasteiger partial charge >= 0.3 is 0 Å². The molecule has 8 aromatic rings. The highest BCUT2D eigenvalue weighted by atomic mass is 79.9. The molecule has 6 heteroatoms. The fourth-order valence-corrected chi connectivity index (χ4v) is 17.4. The average Bonchev–Trinajstić information content (AvgIpc) is 3.29. The zero-order valence-corrected chi connectivity index (χ0v) is 36.4. The summed E-state index contributed by atoms with van der Waals surface area (Å²) in [6, 6.07) is 77.3. The monoisotopic (exact) mass is 914 g/mol. The summed E-state index contributed by atoms with van der Waals surface area (Å²) in [7, 11) is 0. The Kier molecular flexibility index (Phi) is 12.0. The lowest BCUT2D eigenvalue weighted by Gasteiger charge is -2.34. The molecular formula is C52H38Br2O2P2. The lowest BCUT2D eigenvalue weighted by Crippen LogP contribution is -2.41. The van der Waals surface area contributed by atoms with Gasteiger partial charge in [-0.1, -0.05) is 238 Å². The van der Waals surface area contributed by atoms with Gasteiger partial charge in [-0.05, 0) is 81.0 Å². The Morgan fingerprint density at radius 1 is 0.276 bits per heavy atom. The van der Waals surface area contributed by atoms with Crippen molar-refractivity contribution in [3.05, 3.63) is 251 Å². The number of benzene rings is 8. The first kappa shape index (κ1) is 39.5. The fourth-order valence-electron chi connectivity index (χ4n) is 7.96. The van der Waals surface area contributed by atoms with Gasteiger partial charge < -0.3 is 0 Å². The van der Waals surface area contributed by atoms with Crippen molar-refractivity contribution in [2.75, 3.05) is 0 Å². The van der Waals surface area contributed by atoms with Crippen molar-refractivity contribution in [1.82, 2.24) is 0 Å². The van der Waals surface area contributed by atoms with Crippen LogP contribution >= 0.6 is 45.6 Å². The molecule has 0 spiro atoms. The first-order chi connectivity index (χ1) is 28.5. The van der Waals surface area contributed by atoms with Gasteiger partial charge in [0.25, 0.3) is 0 Å². The van der Waals surface area contributed by atoms with E-state index in [1.165, 1.54) is 0 Å². The molecule has 0 saturated heterocycles. The SMILES string of the molecule is O=C(C(=O)C(c1ccc(Br)cc1)=P(c1ccccc1)(c1ccccc1)c1ccccc1)C(c1ccc(Br)cc1)=P(c1ccccc1)(c1ccccc1)c1ccccc1. The summed E-state index contributed by atoms with van der Waals surface area (Å²) in [5, 5.41) is 6.84. The van der Waals surface area contributed by atoms with E-state index < -0.39 is 25.3 Å². The van der Waals surface area contributed by atoms with Crippen LogP contribution < -0.4 is 31.8 Å². The molecule has 8 rings (SSSR count). The van der Waals surface area contributed by atoms with Gasteiger partial charge in [-0.15, -0.1) is 0 Å². The largest absolute Gasteiger partial charge is 0.285 e. The normalized spacial score (nSPS) is 11.4. The third-order valence-corrected chi connectivity index (χ3v) is 20.2. The Labute approximate surface area is 357 Å². The standard InChI is InChI=1S/C52H38Br2O2P2/c53-41-35-31-39(32-36-41)51(57(43-19-7-1-8-20-43,44-21-9-2-10-22-44)45-23-11-3-12-24-45)49(55)50(56)52(40-33-37-42(54)38-34-40)58(46-25-13-4-14-26-46,47-27-15-5-16-28-47)48-29-17-6-18-30-48/h1-38H. The van der Waals surface area contributed by atoms with Gasteiger partial charge in [0, 0.05) is 19.5 Å². The van der Waals surface area contributed by atoms with E-state index in [-0.39, 0.29) is 0 Å². The van der Waals surface area contributed by atoms with Crippen LogP contribution in [0.15, 0.2) is 239 Å². The number of hydrogen-bond acceptors (Lipinski definition) is 2. The smallest absolute Gasteiger partial charge is 0.235 e. The molecule has 2 nitrogen and oxygen atoms in total. The molecule has 0 bridgehead atoms. The van der Waals surface area contributed by atoms with Crippen molar-refractivity contribution in [3.63, 3.8) is 0 Å². The second kappa shape index (κ2) is 17.7. The van der Waals surface area contributed by atoms with Crippen LogP contribution in [0, 0.1) is 0 Å². The number of halogens is 2. The van der Waals surface area contributed by atoms with E-state index in [2.05, 4.69) is 105 Å². The highest BCUT2D eigenvalue weighted by Crippen LogP contribution is 2.50. The predicted molar refractivity (Wildman–Crippen MR) is 257 cm³/mol. The van der Waals surface area contributed by atoms with Gasteiger partial charge in [0.15, 0.2) is 0 Å². The van der Waals surface area contributed by atoms with E-state index in [9.17, 15) is 0 Å². The minimum atomic E-state index is -3.10. The van der Waals surface area contributed by atoms with Crippen LogP contribution in [-0.4, -0.2) is 22.2 Å². The Morgan fingerprint density at radius 2 is 0.466 bits per heavy atom. The fraction of sp³-hybridized carbons (Fsp3) is 0. The minimum absolute atomic E-state index is 0.482. The molecule has 282 valence electrons. The molecule has 0 unspecified atom stereocenters. The quantitative estimate of drug-likeness (QED) is 0.0957. The van der Waals surface area contributed by atoms with Crippen molar-refractivity contribution in [2.24, 2.45) is 0 Å². The average molecular weight is 917 g/mol. The topological polar surface area (TPSA) is 34.1 Å². The zero-order chi connectivity index (χ0) is 40.0. The lowest BCUT2D eigenvalue weighted by atomic mass is 10.0. The van der Waals surface area contributed by atoms with Crippen LogP contribution in [0.5, 0.6) is 0 Å². The summed E-state index contributed by atoms with van der Waals surface area (Å²) in [4.78, 5) is 33.1. The molecule has 0 N–H and O–H groups in total. The Hall–Kier alpha value is -5.34. The number of hydrogen-bond donors (Lipinski definition) is 0. The first-order valence-corrected chi connectivity index (χ1v) is 24.1. The first-order valence-electron chi connectivity index (χ1n) is 18.9. The van der Waals surface area contributed by atoms with Gasteiger partial charge in [0.05, 0.1) is 0 Å². The number of carbonyl (C=O) groups is 2. The molecule has 58 heavy (non-hydrogen) atoms. The van der Waals surface area contributed by atoms with Crippen molar-refractivity contribution in [1.29, 1.82) is 0 Å². The highest BCUT2D eigenvalue weighted by Gasteiger charge is 2.41. The summed E-state index contributed by atoms with van der Waals surface area (Å²) >= 11 is 7.31. The highest BCUT2D eigenvalue weighted by molar-refractivity contribution is 9.10. The summed E-state index contributed by atoms with van der Waals surface area (Å²) in [5.74, 6) is -1.06. The molecule has 0 radical (unpaired) electrons. The number of carbonyl (C=O) groups excluding carboxylic acids is 2. The summed E-state index contributed by atoms with van der Waals surface area (Å²) in [6.07, 6.45) is 0. The molecule has 0 amide bonds. The molecule has 0 aliphatic carbocycles. The van der Waals surface area contributed by atoms with Crippen LogP contribution in [0.25, 0.3) is 0 Å². The summed E-state index contributed by atoms with van der Waals surface area (Å²) in [5.41, 5.74) is 1.40. The lowest BCUT2D eigenvalue weighted by molar-refractivity contribution is -0.128. The maximum absolute atomic E-state index is 16.5. The Bertz CT molecular complexity index is 2390. The maximum Gasteiger partial charge on any atom is 0.235 e. The number of Topliss-reactive ketones (excluding diaryl/α,β-unsaturated/α-hetero) is 2. The molecule has 0 heterocycles. The van der Waals surface area contributed by atoms with Gasteiger partial charge in [-0.25, -0.2) is 0 Å². The van der Waals surface area contributed by atoms with Crippen LogP contribution in [0.1, 0.15) is 11.1 Å². The van der Waals surface area contributed by atoms with Crippen molar-refractivity contribution in [2.45, 2.75) is 0 Å². The van der Waals surface area contributed by atoms with Crippen molar-refractivity contribution < 1.29 is 9.59 Å². The van der Waals surface area contributed by atoms with Crippen molar-refractivity contribution >= 4 is 99.6 Å². The summed E-state index contributed by atoms with van der Waals surface area (Å²) in [6.45, 7) is -6.19. The van der Waals surface area contributed by atoms with Gasteiger partial charge in [0.2, 0.25) is 11.6 Å². The molecule has 0 aliphatic heterocycles. The minimum Gasteiger partial charge on any atom is -0.285 e. The third kappa shape index (κ3) is 7.32. The van der Waals surface area contributed by atoms with E-state index in [1.807, 2.05) is 158 Å². The third-order valence-electron chi connectivity index (χ3n) is 10.4. The van der Waals surface area contributed by atoms with E-state index in [0.717, 1.165) is 40.8 Å². The van der Waals surface area contributed by atoms with Gasteiger partial charge in [-0.2, -0.15) is 0 Å². The van der Waals surface area contributed by atoms with E-state index in [4.69, 9.17) is 0 Å². The second-order valence-corrected chi connectivity index (χ2v) is 22.2. The second-order valence-electron chi connectivity index (χ2n) is 13.7. The maximum atomic E-state index is 16.5. The number of ketones is 2. The van der Waals surface area contributed by atoms with Crippen molar-refractivity contribution in [3.8, 4) is 0 Å². The van der Waals surface area contributed by atoms with Gasteiger partial charge in [-0.3, -0.25) is 9.59 Å². The molecule has 0 fully saturated rings. The molecular weight excluding hydrogens is 878 g/mol. The van der Waals surface area contributed by atoms with Crippen LogP contribution in [0.2, 0.25) is 0 Å². The van der Waals surface area contributed by atoms with Crippen LogP contribution in [-0.2, 0) is 9.59 Å². The predicted octanol–water partition coefficient (Wildman–Crippen LogP) is 10.1. The summed E-state index contributed by atoms with van der Waals surface area (Å²) < 4.78 is 1.75. The van der Waals surface area contributed by atoms with E-state index in [0.29, 0.717) is 21.7 Å². The molecule has 0 atom stereocenters. The van der Waals surface area contributed by atoms with E-state index in [1.54, 1.807) is 0 Å². The Morgan fingerprint density at radius 3 is 0.655 bits per heavy atom. The molecule has 0 aliphatic rings. The van der Waals surface area contributed by atoms with Crippen LogP contribution in [0.4, 0.5) is 0 Å². The van der Waals surface area contributed by atoms with Crippen LogP contribution in [0.3, 0.4) is 0 Å². The van der Waals surface area contributed by atoms with E-state index >= 15 is 9.59 Å². The molecule has 8 aromatic carbocycles. The molecule has 0 saturated carbocycles. The van der Waals surface area contributed by atoms with Gasteiger partial charge in [0.1, 0.15) is 0 Å². The Balaban J connectivity index is 1.62. The zero-order valence-electron chi connectivity index (χ0n) is 31.4.